The highest BCUT2D eigenvalue weighted by Gasteiger charge is 2.32. The molecule has 1 aromatic carbocycles. The number of anilines is 1. The number of carbonyl (C=O) groups is 1. The highest BCUT2D eigenvalue weighted by molar-refractivity contribution is 7.98. The number of nitrogens with zero attached hydrogens (tertiary/aromatic N) is 4. The molecule has 7 heteroatoms. The molecule has 0 radical (unpaired) electrons. The molecule has 0 spiro atoms. The average molecular weight is 369 g/mol. The first-order valence-corrected chi connectivity index (χ1v) is 10.2. The minimum Gasteiger partial charge on any atom is -0.384 e. The van der Waals surface area contributed by atoms with E-state index in [-0.39, 0.29) is 5.91 Å². The van der Waals surface area contributed by atoms with Crippen LogP contribution < -0.4 is 5.73 Å². The van der Waals surface area contributed by atoms with Gasteiger partial charge in [-0.1, -0.05) is 23.9 Å². The Morgan fingerprint density at radius 3 is 2.77 bits per heavy atom. The first kappa shape index (κ1) is 17.3. The van der Waals surface area contributed by atoms with Gasteiger partial charge in [0.15, 0.2) is 5.16 Å². The number of rotatable bonds is 3. The Kier molecular flexibility index (Phi) is 4.82. The molecule has 6 nitrogen and oxygen atoms in total. The summed E-state index contributed by atoms with van der Waals surface area (Å²) in [5.74, 6) is 0.573. The van der Waals surface area contributed by atoms with Crippen molar-refractivity contribution in [3.63, 3.8) is 0 Å². The van der Waals surface area contributed by atoms with Gasteiger partial charge in [0.1, 0.15) is 5.82 Å². The van der Waals surface area contributed by atoms with Gasteiger partial charge in [-0.15, -0.1) is 0 Å². The molecule has 26 heavy (non-hydrogen) atoms. The van der Waals surface area contributed by atoms with Gasteiger partial charge in [0, 0.05) is 42.9 Å². The fraction of sp³-hybridized carbons (Fsp3) is 0.421. The number of amides is 1. The van der Waals surface area contributed by atoms with Crippen molar-refractivity contribution in [2.24, 2.45) is 0 Å². The van der Waals surface area contributed by atoms with Crippen LogP contribution in [0.3, 0.4) is 0 Å². The van der Waals surface area contributed by atoms with E-state index in [9.17, 15) is 4.79 Å². The zero-order chi connectivity index (χ0) is 18.1. The van der Waals surface area contributed by atoms with Gasteiger partial charge in [-0.2, -0.15) is 0 Å². The second-order valence-corrected chi connectivity index (χ2v) is 7.60. The van der Waals surface area contributed by atoms with Crippen molar-refractivity contribution in [2.45, 2.75) is 24.0 Å². The van der Waals surface area contributed by atoms with Gasteiger partial charge in [0.25, 0.3) is 5.91 Å². The zero-order valence-electron chi connectivity index (χ0n) is 14.9. The topological polar surface area (TPSA) is 75.3 Å². The van der Waals surface area contributed by atoms with Crippen LogP contribution in [-0.2, 0) is 0 Å². The van der Waals surface area contributed by atoms with Crippen molar-refractivity contribution in [3.8, 4) is 11.3 Å². The number of hydrogen-bond acceptors (Lipinski definition) is 6. The SMILES string of the molecule is CSc1nc(N)cc(-c2ccc(C(=O)N3CCN4CCCC4C3)cc2)n1. The molecular formula is C19H23N5OS. The smallest absolute Gasteiger partial charge is 0.253 e. The summed E-state index contributed by atoms with van der Waals surface area (Å²) in [5, 5.41) is 0.648. The molecule has 4 rings (SSSR count). The molecule has 0 saturated carbocycles. The summed E-state index contributed by atoms with van der Waals surface area (Å²) < 4.78 is 0. The van der Waals surface area contributed by atoms with Crippen LogP contribution in [0.25, 0.3) is 11.3 Å². The van der Waals surface area contributed by atoms with E-state index in [1.165, 1.54) is 31.1 Å². The van der Waals surface area contributed by atoms with Crippen LogP contribution in [0.5, 0.6) is 0 Å². The maximum absolute atomic E-state index is 12.8. The minimum absolute atomic E-state index is 0.120. The summed E-state index contributed by atoms with van der Waals surface area (Å²) in [7, 11) is 0. The molecule has 1 amide bonds. The molecule has 0 bridgehead atoms. The number of hydrogen-bond donors (Lipinski definition) is 1. The van der Waals surface area contributed by atoms with Gasteiger partial charge in [0.05, 0.1) is 5.69 Å². The Bertz CT molecular complexity index is 810. The molecule has 2 saturated heterocycles. The third-order valence-electron chi connectivity index (χ3n) is 5.21. The Labute approximate surface area is 157 Å². The second kappa shape index (κ2) is 7.25. The van der Waals surface area contributed by atoms with Gasteiger partial charge in [0.2, 0.25) is 0 Å². The molecule has 1 aromatic heterocycles. The lowest BCUT2D eigenvalue weighted by Gasteiger charge is -2.37. The van der Waals surface area contributed by atoms with Crippen molar-refractivity contribution < 1.29 is 4.79 Å². The molecule has 136 valence electrons. The van der Waals surface area contributed by atoms with Gasteiger partial charge < -0.3 is 10.6 Å². The summed E-state index contributed by atoms with van der Waals surface area (Å²) in [5.41, 5.74) is 8.31. The van der Waals surface area contributed by atoms with E-state index in [1.807, 2.05) is 35.4 Å². The normalized spacial score (nSPS) is 20.2. The summed E-state index contributed by atoms with van der Waals surface area (Å²) in [6, 6.07) is 9.94. The lowest BCUT2D eigenvalue weighted by molar-refractivity contribution is 0.0571. The highest BCUT2D eigenvalue weighted by atomic mass is 32.2. The number of benzene rings is 1. The van der Waals surface area contributed by atoms with Crippen molar-refractivity contribution in [1.29, 1.82) is 0 Å². The van der Waals surface area contributed by atoms with Gasteiger partial charge >= 0.3 is 0 Å². The van der Waals surface area contributed by atoms with Crippen LogP contribution >= 0.6 is 11.8 Å². The molecular weight excluding hydrogens is 346 g/mol. The fourth-order valence-electron chi connectivity index (χ4n) is 3.82. The van der Waals surface area contributed by atoms with Crippen molar-refractivity contribution in [3.05, 3.63) is 35.9 Å². The van der Waals surface area contributed by atoms with E-state index < -0.39 is 0 Å². The Morgan fingerprint density at radius 2 is 2.00 bits per heavy atom. The van der Waals surface area contributed by atoms with E-state index in [1.54, 1.807) is 6.07 Å². The number of aromatic nitrogens is 2. The second-order valence-electron chi connectivity index (χ2n) is 6.83. The van der Waals surface area contributed by atoms with Crippen molar-refractivity contribution in [1.82, 2.24) is 19.8 Å². The maximum Gasteiger partial charge on any atom is 0.253 e. The van der Waals surface area contributed by atoms with E-state index in [4.69, 9.17) is 5.73 Å². The van der Waals surface area contributed by atoms with Gasteiger partial charge in [-0.25, -0.2) is 9.97 Å². The zero-order valence-corrected chi connectivity index (χ0v) is 15.7. The summed E-state index contributed by atoms with van der Waals surface area (Å²) >= 11 is 1.46. The average Bonchev–Trinajstić information content (AvgIpc) is 3.14. The van der Waals surface area contributed by atoms with E-state index in [0.717, 1.165) is 36.5 Å². The lowest BCUT2D eigenvalue weighted by Crippen LogP contribution is -2.52. The molecule has 2 aliphatic rings. The van der Waals surface area contributed by atoms with Crippen LogP contribution in [0.2, 0.25) is 0 Å². The molecule has 1 unspecified atom stereocenters. The third kappa shape index (κ3) is 3.41. The first-order valence-electron chi connectivity index (χ1n) is 8.96. The third-order valence-corrected chi connectivity index (χ3v) is 5.76. The largest absolute Gasteiger partial charge is 0.384 e. The van der Waals surface area contributed by atoms with Crippen LogP contribution in [-0.4, -0.2) is 64.2 Å². The molecule has 3 heterocycles. The number of nitrogen functional groups attached to an aromatic ring is 1. The Hall–Kier alpha value is -2.12. The highest BCUT2D eigenvalue weighted by Crippen LogP contribution is 2.25. The maximum atomic E-state index is 12.8. The predicted octanol–water partition coefficient (Wildman–Crippen LogP) is 2.37. The number of piperazine rings is 1. The molecule has 2 aliphatic heterocycles. The van der Waals surface area contributed by atoms with Gasteiger partial charge in [-0.3, -0.25) is 9.69 Å². The van der Waals surface area contributed by atoms with E-state index in [2.05, 4.69) is 14.9 Å². The lowest BCUT2D eigenvalue weighted by atomic mass is 10.1. The summed E-state index contributed by atoms with van der Waals surface area (Å²) in [4.78, 5) is 26.0. The van der Waals surface area contributed by atoms with Crippen LogP contribution in [0, 0.1) is 0 Å². The number of carbonyl (C=O) groups excluding carboxylic acids is 1. The number of nitrogens with two attached hydrogens (primary N) is 1. The summed E-state index contributed by atoms with van der Waals surface area (Å²) in [6.07, 6.45) is 4.38. The minimum atomic E-state index is 0.120. The van der Waals surface area contributed by atoms with Gasteiger partial charge in [-0.05, 0) is 37.8 Å². The molecule has 2 N–H and O–H groups in total. The van der Waals surface area contributed by atoms with Crippen molar-refractivity contribution in [2.75, 3.05) is 38.2 Å². The Morgan fingerprint density at radius 1 is 1.19 bits per heavy atom. The van der Waals surface area contributed by atoms with E-state index in [0.29, 0.717) is 17.0 Å². The van der Waals surface area contributed by atoms with Crippen LogP contribution in [0.15, 0.2) is 35.5 Å². The fourth-order valence-corrected chi connectivity index (χ4v) is 4.21. The van der Waals surface area contributed by atoms with Crippen LogP contribution in [0.4, 0.5) is 5.82 Å². The molecule has 2 fully saturated rings. The molecule has 2 aromatic rings. The monoisotopic (exact) mass is 369 g/mol. The summed E-state index contributed by atoms with van der Waals surface area (Å²) in [6.45, 7) is 3.84. The van der Waals surface area contributed by atoms with Crippen molar-refractivity contribution >= 4 is 23.5 Å². The number of fused-ring (bicyclic) bond motifs is 1. The number of thioether (sulfide) groups is 1. The Balaban J connectivity index is 1.50. The first-order chi connectivity index (χ1) is 12.6. The molecule has 1 atom stereocenters. The molecule has 0 aliphatic carbocycles. The van der Waals surface area contributed by atoms with E-state index >= 15 is 0 Å². The quantitative estimate of drug-likeness (QED) is 0.661. The standard InChI is InChI=1S/C19H23N5OS/c1-26-19-21-16(11-17(20)22-19)13-4-6-14(7-5-13)18(25)24-10-9-23-8-2-3-15(23)12-24/h4-7,11,15H,2-3,8-10,12H2,1H3,(H2,20,21,22). The van der Waals surface area contributed by atoms with Crippen LogP contribution in [0.1, 0.15) is 23.2 Å². The predicted molar refractivity (Wildman–Crippen MR) is 104 cm³/mol.